The maximum Gasteiger partial charge on any atom is 0.266 e. The summed E-state index contributed by atoms with van der Waals surface area (Å²) in [4.78, 5) is 22.4. The number of ether oxygens (including phenoxy) is 1. The van der Waals surface area contributed by atoms with Crippen LogP contribution in [0.4, 0.5) is 5.69 Å². The van der Waals surface area contributed by atoms with Gasteiger partial charge in [0.1, 0.15) is 5.75 Å². The molecular weight excluding hydrogens is 222 g/mol. The number of carbonyl (C=O) groups excluding carboxylic acids is 2. The van der Waals surface area contributed by atoms with E-state index in [0.717, 1.165) is 5.56 Å². The molecule has 0 spiro atoms. The Kier molecular flexibility index (Phi) is 2.75. The largest absolute Gasteiger partial charge is 0.550 e. The third-order valence-electron chi connectivity index (χ3n) is 2.73. The van der Waals surface area contributed by atoms with E-state index in [9.17, 15) is 14.7 Å². The van der Waals surface area contributed by atoms with E-state index in [2.05, 4.69) is 5.32 Å². The van der Waals surface area contributed by atoms with Crippen LogP contribution in [-0.2, 0) is 9.59 Å². The fourth-order valence-corrected chi connectivity index (χ4v) is 1.69. The average molecular weight is 234 g/mol. The normalized spacial score (nSPS) is 19.9. The predicted octanol–water partition coefficient (Wildman–Crippen LogP) is 0.0805. The summed E-state index contributed by atoms with van der Waals surface area (Å²) < 4.78 is 5.39. The van der Waals surface area contributed by atoms with Crippen molar-refractivity contribution in [3.63, 3.8) is 0 Å². The van der Waals surface area contributed by atoms with Gasteiger partial charge in [-0.05, 0) is 24.6 Å². The van der Waals surface area contributed by atoms with Crippen LogP contribution < -0.4 is 15.2 Å². The van der Waals surface area contributed by atoms with Crippen molar-refractivity contribution >= 4 is 17.6 Å². The van der Waals surface area contributed by atoms with Crippen LogP contribution in [0.2, 0.25) is 0 Å². The molecule has 0 fully saturated rings. The Hall–Kier alpha value is -2.04. The van der Waals surface area contributed by atoms with E-state index in [1.165, 1.54) is 6.92 Å². The minimum absolute atomic E-state index is 0.459. The van der Waals surface area contributed by atoms with E-state index in [1.807, 2.05) is 13.0 Å². The summed E-state index contributed by atoms with van der Waals surface area (Å²) in [6.07, 6.45) is -1.05. The van der Waals surface area contributed by atoms with Crippen LogP contribution >= 0.6 is 0 Å². The van der Waals surface area contributed by atoms with Crippen molar-refractivity contribution in [1.29, 1.82) is 0 Å². The van der Waals surface area contributed by atoms with Crippen LogP contribution in [0.15, 0.2) is 18.2 Å². The first-order valence-corrected chi connectivity index (χ1v) is 5.28. The van der Waals surface area contributed by atoms with Crippen LogP contribution in [0.25, 0.3) is 0 Å². The molecule has 0 radical (unpaired) electrons. The number of carboxylic acid groups (broad SMARTS) is 1. The summed E-state index contributed by atoms with van der Waals surface area (Å²) in [7, 11) is 0. The first-order valence-electron chi connectivity index (χ1n) is 5.28. The molecule has 0 aliphatic carbocycles. The summed E-state index contributed by atoms with van der Waals surface area (Å²) in [5, 5.41) is 13.4. The zero-order chi connectivity index (χ0) is 12.6. The van der Waals surface area contributed by atoms with Gasteiger partial charge in [-0.3, -0.25) is 4.79 Å². The first kappa shape index (κ1) is 11.4. The Balaban J connectivity index is 2.30. The van der Waals surface area contributed by atoms with Gasteiger partial charge in [-0.15, -0.1) is 0 Å². The lowest BCUT2D eigenvalue weighted by molar-refractivity contribution is -0.312. The van der Waals surface area contributed by atoms with Gasteiger partial charge in [0.2, 0.25) is 0 Å². The number of hydrogen-bond donors (Lipinski definition) is 1. The molecule has 1 heterocycles. The minimum atomic E-state index is -1.30. The predicted molar refractivity (Wildman–Crippen MR) is 58.4 cm³/mol. The fraction of sp³-hybridized carbons (Fsp3) is 0.333. The van der Waals surface area contributed by atoms with Gasteiger partial charge in [0, 0.05) is 11.9 Å². The van der Waals surface area contributed by atoms with E-state index in [1.54, 1.807) is 12.1 Å². The van der Waals surface area contributed by atoms with E-state index in [0.29, 0.717) is 11.4 Å². The average Bonchev–Trinajstić information content (AvgIpc) is 2.27. The number of benzene rings is 1. The van der Waals surface area contributed by atoms with Crippen molar-refractivity contribution < 1.29 is 19.4 Å². The van der Waals surface area contributed by atoms with Crippen LogP contribution in [0.1, 0.15) is 12.5 Å². The summed E-state index contributed by atoms with van der Waals surface area (Å²) in [6, 6.07) is 5.31. The van der Waals surface area contributed by atoms with Crippen molar-refractivity contribution in [2.45, 2.75) is 20.0 Å². The van der Waals surface area contributed by atoms with E-state index >= 15 is 0 Å². The summed E-state index contributed by atoms with van der Waals surface area (Å²) in [5.41, 5.74) is 1.55. The molecule has 0 saturated carbocycles. The van der Waals surface area contributed by atoms with Gasteiger partial charge in [-0.25, -0.2) is 0 Å². The number of aryl methyl sites for hydroxylation is 1. The molecular formula is C12H12NO4-. The number of hydrogen-bond acceptors (Lipinski definition) is 4. The Morgan fingerprint density at radius 1 is 1.53 bits per heavy atom. The van der Waals surface area contributed by atoms with Gasteiger partial charge in [0.25, 0.3) is 5.91 Å². The Morgan fingerprint density at radius 2 is 2.24 bits per heavy atom. The van der Waals surface area contributed by atoms with Crippen molar-refractivity contribution in [2.75, 3.05) is 5.32 Å². The highest BCUT2D eigenvalue weighted by atomic mass is 16.5. The van der Waals surface area contributed by atoms with Gasteiger partial charge in [0.15, 0.2) is 6.10 Å². The number of amides is 1. The van der Waals surface area contributed by atoms with E-state index in [-0.39, 0.29) is 0 Å². The molecule has 5 heteroatoms. The third kappa shape index (κ3) is 2.08. The van der Waals surface area contributed by atoms with Crippen molar-refractivity contribution in [3.05, 3.63) is 23.8 Å². The summed E-state index contributed by atoms with van der Waals surface area (Å²) in [6.45, 7) is 3.28. The zero-order valence-electron chi connectivity index (χ0n) is 9.52. The number of nitrogens with one attached hydrogen (secondary N) is 1. The number of carbonyl (C=O) groups is 2. The van der Waals surface area contributed by atoms with E-state index in [4.69, 9.17) is 4.74 Å². The molecule has 90 valence electrons. The van der Waals surface area contributed by atoms with Crippen molar-refractivity contribution in [3.8, 4) is 5.75 Å². The lowest BCUT2D eigenvalue weighted by Gasteiger charge is -2.30. The maximum absolute atomic E-state index is 11.7. The Morgan fingerprint density at radius 3 is 2.88 bits per heavy atom. The van der Waals surface area contributed by atoms with Crippen LogP contribution in [-0.4, -0.2) is 18.0 Å². The zero-order valence-corrected chi connectivity index (χ0v) is 9.52. The molecule has 5 nitrogen and oxygen atoms in total. The quantitative estimate of drug-likeness (QED) is 0.786. The van der Waals surface area contributed by atoms with E-state index < -0.39 is 23.9 Å². The second-order valence-electron chi connectivity index (χ2n) is 4.14. The molecule has 0 saturated heterocycles. The number of carboxylic acids is 1. The van der Waals surface area contributed by atoms with Gasteiger partial charge < -0.3 is 20.0 Å². The molecule has 1 aliphatic rings. The second-order valence-corrected chi connectivity index (χ2v) is 4.14. The lowest BCUT2D eigenvalue weighted by atomic mass is 10.0. The highest BCUT2D eigenvalue weighted by molar-refractivity contribution is 5.99. The SMILES string of the molecule is Cc1ccc2c(c1)NC(=O)C(C(C)C(=O)[O-])O2. The monoisotopic (exact) mass is 234 g/mol. The molecule has 17 heavy (non-hydrogen) atoms. The molecule has 2 rings (SSSR count). The van der Waals surface area contributed by atoms with Crippen molar-refractivity contribution in [1.82, 2.24) is 0 Å². The number of rotatable bonds is 2. The van der Waals surface area contributed by atoms with Gasteiger partial charge >= 0.3 is 0 Å². The molecule has 1 aromatic carbocycles. The Labute approximate surface area is 98.4 Å². The first-order chi connectivity index (χ1) is 7.99. The molecule has 2 unspecified atom stereocenters. The Bertz CT molecular complexity index is 483. The van der Waals surface area contributed by atoms with Gasteiger partial charge in [-0.1, -0.05) is 13.0 Å². The maximum atomic E-state index is 11.7. The summed E-state index contributed by atoms with van der Waals surface area (Å²) >= 11 is 0. The van der Waals surface area contributed by atoms with Crippen LogP contribution in [0.3, 0.4) is 0 Å². The minimum Gasteiger partial charge on any atom is -0.550 e. The summed E-state index contributed by atoms with van der Waals surface area (Å²) in [5.74, 6) is -2.28. The number of aliphatic carboxylic acids is 1. The molecule has 2 atom stereocenters. The smallest absolute Gasteiger partial charge is 0.266 e. The van der Waals surface area contributed by atoms with Crippen molar-refractivity contribution in [2.24, 2.45) is 5.92 Å². The van der Waals surface area contributed by atoms with Gasteiger partial charge in [0.05, 0.1) is 5.69 Å². The second kappa shape index (κ2) is 4.08. The number of fused-ring (bicyclic) bond motifs is 1. The molecule has 1 aromatic rings. The van der Waals surface area contributed by atoms with Crippen LogP contribution in [0.5, 0.6) is 5.75 Å². The molecule has 1 aliphatic heterocycles. The topological polar surface area (TPSA) is 78.5 Å². The molecule has 0 bridgehead atoms. The van der Waals surface area contributed by atoms with Gasteiger partial charge in [-0.2, -0.15) is 0 Å². The number of anilines is 1. The lowest BCUT2D eigenvalue weighted by Crippen LogP contribution is -2.48. The van der Waals surface area contributed by atoms with Crippen LogP contribution in [0, 0.1) is 12.8 Å². The third-order valence-corrected chi connectivity index (χ3v) is 2.73. The molecule has 1 N–H and O–H groups in total. The molecule has 0 aromatic heterocycles. The fourth-order valence-electron chi connectivity index (χ4n) is 1.69. The standard InChI is InChI=1S/C12H13NO4/c1-6-3-4-9-8(5-6)13-11(14)10(17-9)7(2)12(15)16/h3-5,7,10H,1-2H3,(H,13,14)(H,15,16)/p-1. The highest BCUT2D eigenvalue weighted by Crippen LogP contribution is 2.31. The molecule has 1 amide bonds. The highest BCUT2D eigenvalue weighted by Gasteiger charge is 2.32.